The van der Waals surface area contributed by atoms with Crippen molar-refractivity contribution in [2.75, 3.05) is 5.32 Å². The van der Waals surface area contributed by atoms with E-state index in [9.17, 15) is 14.4 Å². The highest BCUT2D eigenvalue weighted by atomic mass is 16.2. The molecule has 2 rings (SSSR count). The number of rotatable bonds is 4. The number of aromatic nitrogens is 2. The van der Waals surface area contributed by atoms with Crippen LogP contribution in [-0.2, 0) is 11.2 Å². The molecule has 0 unspecified atom stereocenters. The summed E-state index contributed by atoms with van der Waals surface area (Å²) in [6.07, 6.45) is 1.77. The van der Waals surface area contributed by atoms with Gasteiger partial charge >= 0.3 is 5.69 Å². The first kappa shape index (κ1) is 13.8. The number of benzene rings is 1. The summed E-state index contributed by atoms with van der Waals surface area (Å²) in [5.41, 5.74) is -0.139. The summed E-state index contributed by atoms with van der Waals surface area (Å²) in [6, 6.07) is 9.61. The van der Waals surface area contributed by atoms with Crippen LogP contribution in [0.5, 0.6) is 0 Å². The molecular formula is C14H15N3O3. The molecule has 1 aromatic heterocycles. The molecule has 0 radical (unpaired) electrons. The Morgan fingerprint density at radius 1 is 1.25 bits per heavy atom. The van der Waals surface area contributed by atoms with Crippen LogP contribution in [0.25, 0.3) is 0 Å². The molecule has 0 saturated heterocycles. The number of carbonyl (C=O) groups is 1. The lowest BCUT2D eigenvalue weighted by Crippen LogP contribution is -2.29. The molecule has 0 fully saturated rings. The number of hydrogen-bond donors (Lipinski definition) is 3. The van der Waals surface area contributed by atoms with E-state index in [0.29, 0.717) is 6.42 Å². The van der Waals surface area contributed by atoms with Crippen molar-refractivity contribution in [2.24, 2.45) is 5.92 Å². The molecule has 0 saturated carbocycles. The molecule has 0 bridgehead atoms. The van der Waals surface area contributed by atoms with Crippen LogP contribution in [0.15, 0.2) is 46.1 Å². The van der Waals surface area contributed by atoms with E-state index in [1.807, 2.05) is 30.3 Å². The molecule has 1 atom stereocenters. The Hall–Kier alpha value is -2.63. The van der Waals surface area contributed by atoms with Crippen molar-refractivity contribution in [1.29, 1.82) is 0 Å². The molecule has 1 heterocycles. The van der Waals surface area contributed by atoms with Crippen LogP contribution in [0.4, 0.5) is 5.69 Å². The van der Waals surface area contributed by atoms with Gasteiger partial charge in [0.05, 0.1) is 0 Å². The summed E-state index contributed by atoms with van der Waals surface area (Å²) >= 11 is 0. The Kier molecular flexibility index (Phi) is 4.14. The highest BCUT2D eigenvalue weighted by Crippen LogP contribution is 2.09. The van der Waals surface area contributed by atoms with Gasteiger partial charge in [0, 0.05) is 12.1 Å². The quantitative estimate of drug-likeness (QED) is 0.771. The molecule has 0 spiro atoms. The van der Waals surface area contributed by atoms with Crippen LogP contribution in [0.3, 0.4) is 0 Å². The molecule has 0 aliphatic carbocycles. The first-order valence-corrected chi connectivity index (χ1v) is 6.23. The van der Waals surface area contributed by atoms with Crippen molar-refractivity contribution in [1.82, 2.24) is 9.97 Å². The first-order valence-electron chi connectivity index (χ1n) is 6.23. The molecule has 20 heavy (non-hydrogen) atoms. The van der Waals surface area contributed by atoms with Crippen LogP contribution in [-0.4, -0.2) is 15.9 Å². The zero-order valence-electron chi connectivity index (χ0n) is 11.0. The molecule has 6 heteroatoms. The van der Waals surface area contributed by atoms with Crippen molar-refractivity contribution in [3.05, 3.63) is 62.9 Å². The van der Waals surface area contributed by atoms with Crippen LogP contribution in [0.1, 0.15) is 12.5 Å². The zero-order valence-corrected chi connectivity index (χ0v) is 11.0. The Labute approximate surface area is 114 Å². The van der Waals surface area contributed by atoms with Gasteiger partial charge in [-0.15, -0.1) is 0 Å². The number of carbonyl (C=O) groups excluding carboxylic acids is 1. The van der Waals surface area contributed by atoms with E-state index in [-0.39, 0.29) is 17.5 Å². The monoisotopic (exact) mass is 273 g/mol. The molecule has 1 amide bonds. The molecule has 6 nitrogen and oxygen atoms in total. The van der Waals surface area contributed by atoms with Gasteiger partial charge in [-0.1, -0.05) is 37.3 Å². The Morgan fingerprint density at radius 3 is 2.60 bits per heavy atom. The lowest BCUT2D eigenvalue weighted by Gasteiger charge is -2.11. The molecule has 2 aromatic rings. The van der Waals surface area contributed by atoms with Crippen molar-refractivity contribution in [3.8, 4) is 0 Å². The number of anilines is 1. The summed E-state index contributed by atoms with van der Waals surface area (Å²) < 4.78 is 0. The summed E-state index contributed by atoms with van der Waals surface area (Å²) in [5.74, 6) is -0.560. The second-order valence-corrected chi connectivity index (χ2v) is 4.57. The Morgan fingerprint density at radius 2 is 1.95 bits per heavy atom. The average molecular weight is 273 g/mol. The largest absolute Gasteiger partial charge is 0.325 e. The third kappa shape index (κ3) is 3.44. The third-order valence-electron chi connectivity index (χ3n) is 2.91. The molecule has 0 aliphatic heterocycles. The standard InChI is InChI=1S/C14H15N3O3/c1-9(7-10-5-3-2-4-6-10)12(18)16-11-8-15-14(20)17-13(11)19/h2-6,8-9H,7H2,1H3,(H,16,18)(H2,15,17,19,20)/t9-/m0/s1. The minimum atomic E-state index is -0.617. The third-order valence-corrected chi connectivity index (χ3v) is 2.91. The molecule has 3 N–H and O–H groups in total. The fourth-order valence-electron chi connectivity index (χ4n) is 1.82. The summed E-state index contributed by atoms with van der Waals surface area (Å²) in [6.45, 7) is 1.78. The maximum Gasteiger partial charge on any atom is 0.325 e. The van der Waals surface area contributed by atoms with E-state index in [2.05, 4.69) is 15.3 Å². The molecule has 0 aliphatic rings. The van der Waals surface area contributed by atoms with Gasteiger partial charge in [-0.25, -0.2) is 4.79 Å². The SMILES string of the molecule is C[C@@H](Cc1ccccc1)C(=O)Nc1c[nH]c(=O)[nH]c1=O. The average Bonchev–Trinajstić information content (AvgIpc) is 2.43. The van der Waals surface area contributed by atoms with Gasteiger partial charge in [-0.05, 0) is 12.0 Å². The number of H-pyrrole nitrogens is 2. The summed E-state index contributed by atoms with van der Waals surface area (Å²) in [4.78, 5) is 38.7. The van der Waals surface area contributed by atoms with Gasteiger partial charge in [0.25, 0.3) is 5.56 Å². The topological polar surface area (TPSA) is 94.8 Å². The minimum Gasteiger partial charge on any atom is -0.320 e. The van der Waals surface area contributed by atoms with Gasteiger partial charge in [0.1, 0.15) is 5.69 Å². The van der Waals surface area contributed by atoms with Gasteiger partial charge < -0.3 is 10.3 Å². The van der Waals surface area contributed by atoms with Gasteiger partial charge in [-0.2, -0.15) is 0 Å². The van der Waals surface area contributed by atoms with E-state index in [1.54, 1.807) is 6.92 Å². The second-order valence-electron chi connectivity index (χ2n) is 4.57. The van der Waals surface area contributed by atoms with E-state index >= 15 is 0 Å². The van der Waals surface area contributed by atoms with Crippen LogP contribution in [0.2, 0.25) is 0 Å². The van der Waals surface area contributed by atoms with E-state index in [4.69, 9.17) is 0 Å². The van der Waals surface area contributed by atoms with Crippen LogP contribution >= 0.6 is 0 Å². The number of aromatic amines is 2. The normalized spacial score (nSPS) is 11.8. The summed E-state index contributed by atoms with van der Waals surface area (Å²) in [5, 5.41) is 2.50. The van der Waals surface area contributed by atoms with Crippen molar-refractivity contribution >= 4 is 11.6 Å². The van der Waals surface area contributed by atoms with Crippen molar-refractivity contribution < 1.29 is 4.79 Å². The number of hydrogen-bond acceptors (Lipinski definition) is 3. The van der Waals surface area contributed by atoms with Crippen LogP contribution in [0, 0.1) is 5.92 Å². The van der Waals surface area contributed by atoms with Gasteiger partial charge in [-0.3, -0.25) is 14.6 Å². The highest BCUT2D eigenvalue weighted by Gasteiger charge is 2.15. The maximum absolute atomic E-state index is 12.0. The maximum atomic E-state index is 12.0. The fraction of sp³-hybridized carbons (Fsp3) is 0.214. The first-order chi connectivity index (χ1) is 9.56. The lowest BCUT2D eigenvalue weighted by atomic mass is 10.0. The number of amides is 1. The predicted molar refractivity (Wildman–Crippen MR) is 75.6 cm³/mol. The van der Waals surface area contributed by atoms with Crippen molar-refractivity contribution in [3.63, 3.8) is 0 Å². The summed E-state index contributed by atoms with van der Waals surface area (Å²) in [7, 11) is 0. The second kappa shape index (κ2) is 6.01. The number of nitrogens with one attached hydrogen (secondary N) is 3. The Bertz CT molecular complexity index is 703. The molecule has 104 valence electrons. The minimum absolute atomic E-state index is 0.0366. The van der Waals surface area contributed by atoms with Gasteiger partial charge in [0.2, 0.25) is 5.91 Å². The van der Waals surface area contributed by atoms with E-state index in [0.717, 1.165) is 5.56 Å². The van der Waals surface area contributed by atoms with E-state index < -0.39 is 11.2 Å². The zero-order chi connectivity index (χ0) is 14.5. The van der Waals surface area contributed by atoms with E-state index in [1.165, 1.54) is 6.20 Å². The van der Waals surface area contributed by atoms with Crippen molar-refractivity contribution in [2.45, 2.75) is 13.3 Å². The van der Waals surface area contributed by atoms with Crippen LogP contribution < -0.4 is 16.6 Å². The fourth-order valence-corrected chi connectivity index (χ4v) is 1.82. The molecular weight excluding hydrogens is 258 g/mol. The molecule has 1 aromatic carbocycles. The Balaban J connectivity index is 2.04. The van der Waals surface area contributed by atoms with Gasteiger partial charge in [0.15, 0.2) is 0 Å². The highest BCUT2D eigenvalue weighted by molar-refractivity contribution is 5.92. The smallest absolute Gasteiger partial charge is 0.320 e. The predicted octanol–water partition coefficient (Wildman–Crippen LogP) is 0.880. The lowest BCUT2D eigenvalue weighted by molar-refractivity contribution is -0.119.